The fourth-order valence-corrected chi connectivity index (χ4v) is 4.94. The summed E-state index contributed by atoms with van der Waals surface area (Å²) in [6, 6.07) is -3.07. The Kier molecular flexibility index (Phi) is 17.4. The van der Waals surface area contributed by atoms with Crippen LogP contribution in [0, 0.1) is 23.5 Å². The number of carbonyl (C=O) groups excluding carboxylic acids is 4. The number of hydrogen-bond donors (Lipinski definition) is 4. The number of halogens is 4. The van der Waals surface area contributed by atoms with Crippen LogP contribution in [0.4, 0.5) is 22.4 Å². The van der Waals surface area contributed by atoms with E-state index in [0.717, 1.165) is 4.90 Å². The number of methoxy groups -OCH3 is 1. The molecule has 14 nitrogen and oxygen atoms in total. The predicted octanol–water partition coefficient (Wildman–Crippen LogP) is 2.48. The molecule has 0 aromatic heterocycles. The summed E-state index contributed by atoms with van der Waals surface area (Å²) < 4.78 is 76.8. The van der Waals surface area contributed by atoms with Gasteiger partial charge in [-0.15, -0.1) is 0 Å². The average molecular weight is 723 g/mol. The zero-order chi connectivity index (χ0) is 37.5. The highest BCUT2D eigenvalue weighted by Crippen LogP contribution is 2.24. The first-order chi connectivity index (χ1) is 23.5. The second-order valence-corrected chi connectivity index (χ2v) is 12.4. The quantitative estimate of drug-likeness (QED) is 0.0887. The van der Waals surface area contributed by atoms with Crippen LogP contribution in [0.15, 0.2) is 12.1 Å². The van der Waals surface area contributed by atoms with Crippen molar-refractivity contribution < 1.29 is 65.6 Å². The van der Waals surface area contributed by atoms with Crippen molar-refractivity contribution in [1.29, 1.82) is 0 Å². The Labute approximate surface area is 287 Å². The third kappa shape index (κ3) is 13.4. The molecule has 1 aliphatic rings. The molecule has 4 atom stereocenters. The number of rotatable bonds is 20. The number of ether oxygens (including phenoxy) is 4. The van der Waals surface area contributed by atoms with E-state index < -0.39 is 109 Å². The van der Waals surface area contributed by atoms with E-state index in [2.05, 4.69) is 16.0 Å². The first-order valence-corrected chi connectivity index (χ1v) is 16.0. The van der Waals surface area contributed by atoms with Crippen molar-refractivity contribution >= 4 is 29.8 Å². The minimum Gasteiger partial charge on any atom is -0.478 e. The maximum absolute atomic E-state index is 14.3. The first-order valence-electron chi connectivity index (χ1n) is 16.0. The van der Waals surface area contributed by atoms with Crippen LogP contribution in [0.3, 0.4) is 0 Å². The molecular weight excluding hydrogens is 676 g/mol. The van der Waals surface area contributed by atoms with E-state index in [1.165, 1.54) is 7.11 Å². The van der Waals surface area contributed by atoms with E-state index in [1.54, 1.807) is 13.8 Å². The van der Waals surface area contributed by atoms with E-state index in [4.69, 9.17) is 24.1 Å². The molecule has 50 heavy (non-hydrogen) atoms. The normalized spacial score (nSPS) is 17.2. The van der Waals surface area contributed by atoms with Crippen LogP contribution in [0.5, 0.6) is 0 Å². The smallest absolute Gasteiger partial charge is 0.407 e. The number of benzene rings is 1. The van der Waals surface area contributed by atoms with E-state index in [0.29, 0.717) is 12.1 Å². The second kappa shape index (κ2) is 20.6. The molecule has 1 aromatic carbocycles. The minimum atomic E-state index is -3.06. The number of nitrogens with one attached hydrogen (secondary N) is 3. The number of hydrogen-bond acceptors (Lipinski definition) is 9. The highest BCUT2D eigenvalue weighted by atomic mass is 19.3. The van der Waals surface area contributed by atoms with Crippen LogP contribution in [0.1, 0.15) is 56.5 Å². The Morgan fingerprint density at radius 1 is 1.02 bits per heavy atom. The molecule has 18 heteroatoms. The molecule has 0 saturated carbocycles. The summed E-state index contributed by atoms with van der Waals surface area (Å²) in [5.41, 5.74) is -1.16. The number of carboxylic acid groups (broad SMARTS) is 1. The van der Waals surface area contributed by atoms with Gasteiger partial charge in [-0.1, -0.05) is 27.7 Å². The monoisotopic (exact) mass is 722 g/mol. The van der Waals surface area contributed by atoms with Crippen LogP contribution < -0.4 is 16.0 Å². The van der Waals surface area contributed by atoms with E-state index in [-0.39, 0.29) is 45.5 Å². The highest BCUT2D eigenvalue weighted by molar-refractivity contribution is 5.94. The zero-order valence-electron chi connectivity index (χ0n) is 28.6. The molecule has 0 unspecified atom stereocenters. The summed E-state index contributed by atoms with van der Waals surface area (Å²) in [4.78, 5) is 65.0. The van der Waals surface area contributed by atoms with Gasteiger partial charge in [-0.05, 0) is 30.4 Å². The van der Waals surface area contributed by atoms with Gasteiger partial charge >= 0.3 is 12.1 Å². The van der Waals surface area contributed by atoms with Gasteiger partial charge < -0.3 is 44.9 Å². The van der Waals surface area contributed by atoms with E-state index in [1.807, 2.05) is 13.8 Å². The molecule has 2 rings (SSSR count). The Hall–Kier alpha value is -4.03. The molecule has 4 amide bonds. The molecule has 1 aliphatic heterocycles. The van der Waals surface area contributed by atoms with Crippen molar-refractivity contribution in [1.82, 2.24) is 20.9 Å². The van der Waals surface area contributed by atoms with Crippen LogP contribution in [-0.2, 0) is 39.8 Å². The van der Waals surface area contributed by atoms with Crippen LogP contribution in [0.25, 0.3) is 0 Å². The topological polar surface area (TPSA) is 182 Å². The average Bonchev–Trinajstić information content (AvgIpc) is 3.47. The summed E-state index contributed by atoms with van der Waals surface area (Å²) in [5, 5.41) is 16.0. The van der Waals surface area contributed by atoms with Gasteiger partial charge in [0.2, 0.25) is 24.1 Å². The number of nitrogens with zero attached hydrogens (tertiary/aromatic N) is 1. The second-order valence-electron chi connectivity index (χ2n) is 12.4. The highest BCUT2D eigenvalue weighted by Gasteiger charge is 2.44. The number of carboxylic acids is 1. The van der Waals surface area contributed by atoms with Crippen molar-refractivity contribution in [3.05, 3.63) is 34.9 Å². The lowest BCUT2D eigenvalue weighted by atomic mass is 10.0. The van der Waals surface area contributed by atoms with Gasteiger partial charge in [0.1, 0.15) is 36.6 Å². The molecule has 4 N–H and O–H groups in total. The van der Waals surface area contributed by atoms with Gasteiger partial charge in [0.15, 0.2) is 0 Å². The molecule has 0 aliphatic carbocycles. The lowest BCUT2D eigenvalue weighted by Crippen LogP contribution is -2.57. The number of amides is 4. The SMILES string of the molecule is COCCOCO[C@@H]1C[C@@H](C(=O)N[C@@H](CC(F)F)C(=O)NCCc2c(F)cc(C(=O)O)cc2F)N(C(=O)[C@@H](NC(=O)OCC(C)C)C(C)C)C1. The van der Waals surface area contributed by atoms with Gasteiger partial charge in [0.25, 0.3) is 0 Å². The van der Waals surface area contributed by atoms with Crippen molar-refractivity contribution in [2.24, 2.45) is 11.8 Å². The molecule has 1 heterocycles. The molecular formula is C32H46F4N4O10. The molecule has 0 spiro atoms. The number of alkyl halides is 2. The lowest BCUT2D eigenvalue weighted by Gasteiger charge is -2.31. The van der Waals surface area contributed by atoms with Crippen molar-refractivity contribution in [2.75, 3.05) is 46.8 Å². The van der Waals surface area contributed by atoms with Gasteiger partial charge in [0, 0.05) is 38.6 Å². The van der Waals surface area contributed by atoms with Crippen LogP contribution >= 0.6 is 0 Å². The third-order valence-corrected chi connectivity index (χ3v) is 7.53. The molecule has 282 valence electrons. The van der Waals surface area contributed by atoms with Gasteiger partial charge in [0.05, 0.1) is 31.5 Å². The molecule has 0 radical (unpaired) electrons. The van der Waals surface area contributed by atoms with Crippen LogP contribution in [0.2, 0.25) is 0 Å². The minimum absolute atomic E-state index is 0.0238. The van der Waals surface area contributed by atoms with Gasteiger partial charge in [-0.25, -0.2) is 27.2 Å². The summed E-state index contributed by atoms with van der Waals surface area (Å²) in [7, 11) is 1.48. The Morgan fingerprint density at radius 3 is 2.24 bits per heavy atom. The number of aromatic carboxylic acids is 1. The first kappa shape index (κ1) is 42.1. The maximum Gasteiger partial charge on any atom is 0.407 e. The fourth-order valence-electron chi connectivity index (χ4n) is 4.94. The number of alkyl carbamates (subject to hydrolysis) is 1. The van der Waals surface area contributed by atoms with Crippen LogP contribution in [-0.4, -0.2) is 117 Å². The van der Waals surface area contributed by atoms with E-state index in [9.17, 15) is 41.5 Å². The standard InChI is InChI=1S/C32H46F4N4O10/c1-17(2)15-49-32(46)39-27(18(3)4)30(43)40-14-20(50-16-48-9-8-47-5)12-25(40)29(42)38-24(13-26(35)36)28(41)37-7-6-21-22(33)10-19(31(44)45)11-23(21)34/h10-11,17-18,20,24-27H,6-9,12-16H2,1-5H3,(H,37,41)(H,38,42)(H,39,46)(H,44,45)/t20-,24+,25+,27+/m1/s1. The van der Waals surface area contributed by atoms with Gasteiger partial charge in [-0.3, -0.25) is 14.4 Å². The zero-order valence-corrected chi connectivity index (χ0v) is 28.6. The summed E-state index contributed by atoms with van der Waals surface area (Å²) >= 11 is 0. The third-order valence-electron chi connectivity index (χ3n) is 7.53. The number of likely N-dealkylation sites (tertiary alicyclic amines) is 1. The summed E-state index contributed by atoms with van der Waals surface area (Å²) in [6.07, 6.45) is -6.36. The van der Waals surface area contributed by atoms with Crippen molar-refractivity contribution in [3.63, 3.8) is 0 Å². The predicted molar refractivity (Wildman–Crippen MR) is 168 cm³/mol. The number of carbonyl (C=O) groups is 5. The molecule has 1 aromatic rings. The maximum atomic E-state index is 14.3. The molecule has 1 saturated heterocycles. The lowest BCUT2D eigenvalue weighted by molar-refractivity contribution is -0.142. The van der Waals surface area contributed by atoms with Crippen molar-refractivity contribution in [2.45, 2.75) is 77.6 Å². The summed E-state index contributed by atoms with van der Waals surface area (Å²) in [6.45, 7) is 6.75. The van der Waals surface area contributed by atoms with Gasteiger partial charge in [-0.2, -0.15) is 0 Å². The molecule has 1 fully saturated rings. The Bertz CT molecular complexity index is 1300. The largest absolute Gasteiger partial charge is 0.478 e. The van der Waals surface area contributed by atoms with E-state index >= 15 is 0 Å². The summed E-state index contributed by atoms with van der Waals surface area (Å²) in [5.74, 6) is -7.09. The Balaban J connectivity index is 2.22. The Morgan fingerprint density at radius 2 is 1.68 bits per heavy atom. The molecule has 0 bridgehead atoms. The fraction of sp³-hybridized carbons (Fsp3) is 0.656. The van der Waals surface area contributed by atoms with Crippen molar-refractivity contribution in [3.8, 4) is 0 Å².